The predicted molar refractivity (Wildman–Crippen MR) is 73.3 cm³/mol. The summed E-state index contributed by atoms with van der Waals surface area (Å²) in [6.07, 6.45) is 0.621. The standard InChI is InChI=1S/C13H17ClFNO2S/c1-9-3-4-11(15)7-13(9)19(17,18)16-6-5-12(14)10(2)8-16/h3-4,7,10,12H,5-6,8H2,1-2H3. The molecule has 106 valence electrons. The third kappa shape index (κ3) is 2.93. The van der Waals surface area contributed by atoms with Crippen molar-refractivity contribution in [2.24, 2.45) is 5.92 Å². The van der Waals surface area contributed by atoms with E-state index in [1.165, 1.54) is 16.4 Å². The molecule has 1 heterocycles. The Hall–Kier alpha value is -0.650. The Kier molecular flexibility index (Phi) is 4.18. The van der Waals surface area contributed by atoms with Gasteiger partial charge in [-0.15, -0.1) is 11.6 Å². The van der Waals surface area contributed by atoms with Gasteiger partial charge in [0, 0.05) is 18.5 Å². The summed E-state index contributed by atoms with van der Waals surface area (Å²) in [4.78, 5) is 0.0488. The Labute approximate surface area is 118 Å². The van der Waals surface area contributed by atoms with Crippen LogP contribution in [0.2, 0.25) is 0 Å². The monoisotopic (exact) mass is 305 g/mol. The SMILES string of the molecule is Cc1ccc(F)cc1S(=O)(=O)N1CCC(Cl)C(C)C1. The molecule has 1 saturated heterocycles. The van der Waals surface area contributed by atoms with E-state index in [0.29, 0.717) is 25.1 Å². The van der Waals surface area contributed by atoms with Crippen LogP contribution in [0.1, 0.15) is 18.9 Å². The van der Waals surface area contributed by atoms with E-state index >= 15 is 0 Å². The van der Waals surface area contributed by atoms with Gasteiger partial charge in [-0.1, -0.05) is 13.0 Å². The van der Waals surface area contributed by atoms with E-state index < -0.39 is 15.8 Å². The van der Waals surface area contributed by atoms with Crippen LogP contribution >= 0.6 is 11.6 Å². The molecular formula is C13H17ClFNO2S. The first-order chi connectivity index (χ1) is 8.82. The van der Waals surface area contributed by atoms with E-state index in [-0.39, 0.29) is 16.2 Å². The molecule has 0 bridgehead atoms. The summed E-state index contributed by atoms with van der Waals surface area (Å²) in [7, 11) is -3.64. The van der Waals surface area contributed by atoms with Crippen molar-refractivity contribution < 1.29 is 12.8 Å². The molecule has 0 spiro atoms. The minimum absolute atomic E-state index is 0.0000522. The molecule has 19 heavy (non-hydrogen) atoms. The van der Waals surface area contributed by atoms with Crippen LogP contribution < -0.4 is 0 Å². The number of halogens is 2. The Morgan fingerprint density at radius 3 is 2.74 bits per heavy atom. The van der Waals surface area contributed by atoms with Crippen molar-refractivity contribution in [1.29, 1.82) is 0 Å². The van der Waals surface area contributed by atoms with E-state index in [1.54, 1.807) is 6.92 Å². The third-order valence-corrected chi connectivity index (χ3v) is 6.19. The van der Waals surface area contributed by atoms with Crippen LogP contribution in [0, 0.1) is 18.7 Å². The van der Waals surface area contributed by atoms with Crippen molar-refractivity contribution in [1.82, 2.24) is 4.31 Å². The first kappa shape index (κ1) is 14.8. The zero-order valence-corrected chi connectivity index (χ0v) is 12.5. The van der Waals surface area contributed by atoms with Crippen molar-refractivity contribution in [3.05, 3.63) is 29.6 Å². The lowest BCUT2D eigenvalue weighted by atomic mass is 10.0. The predicted octanol–water partition coefficient (Wildman–Crippen LogP) is 2.77. The number of hydrogen-bond acceptors (Lipinski definition) is 2. The lowest BCUT2D eigenvalue weighted by Crippen LogP contribution is -2.43. The molecule has 1 aromatic carbocycles. The largest absolute Gasteiger partial charge is 0.243 e. The number of hydrogen-bond donors (Lipinski definition) is 0. The van der Waals surface area contributed by atoms with Gasteiger partial charge in [0.25, 0.3) is 0 Å². The number of piperidine rings is 1. The summed E-state index contributed by atoms with van der Waals surface area (Å²) < 4.78 is 39.7. The molecule has 1 aliphatic heterocycles. The van der Waals surface area contributed by atoms with Gasteiger partial charge < -0.3 is 0 Å². The quantitative estimate of drug-likeness (QED) is 0.788. The zero-order chi connectivity index (χ0) is 14.2. The first-order valence-electron chi connectivity index (χ1n) is 6.22. The number of nitrogens with zero attached hydrogens (tertiary/aromatic N) is 1. The van der Waals surface area contributed by atoms with Crippen LogP contribution in [-0.2, 0) is 10.0 Å². The van der Waals surface area contributed by atoms with Crippen molar-refractivity contribution in [2.75, 3.05) is 13.1 Å². The summed E-state index contributed by atoms with van der Waals surface area (Å²) in [5.41, 5.74) is 0.557. The van der Waals surface area contributed by atoms with Crippen molar-refractivity contribution in [3.8, 4) is 0 Å². The van der Waals surface area contributed by atoms with Gasteiger partial charge >= 0.3 is 0 Å². The summed E-state index contributed by atoms with van der Waals surface area (Å²) in [5, 5.41) is 0.0000522. The number of rotatable bonds is 2. The van der Waals surface area contributed by atoms with Gasteiger partial charge in [0.2, 0.25) is 10.0 Å². The van der Waals surface area contributed by atoms with Crippen LogP contribution in [0.3, 0.4) is 0 Å². The minimum atomic E-state index is -3.64. The van der Waals surface area contributed by atoms with Crippen molar-refractivity contribution in [2.45, 2.75) is 30.5 Å². The third-order valence-electron chi connectivity index (χ3n) is 3.53. The molecule has 1 aliphatic rings. The Morgan fingerprint density at radius 2 is 2.11 bits per heavy atom. The fraction of sp³-hybridized carbons (Fsp3) is 0.538. The second-order valence-electron chi connectivity index (χ2n) is 5.05. The van der Waals surface area contributed by atoms with E-state index in [2.05, 4.69) is 0 Å². The van der Waals surface area contributed by atoms with Crippen LogP contribution in [0.15, 0.2) is 23.1 Å². The van der Waals surface area contributed by atoms with Gasteiger partial charge in [0.15, 0.2) is 0 Å². The van der Waals surface area contributed by atoms with Gasteiger partial charge in [-0.05, 0) is 37.0 Å². The smallest absolute Gasteiger partial charge is 0.207 e. The molecule has 0 saturated carbocycles. The molecule has 0 aliphatic carbocycles. The van der Waals surface area contributed by atoms with Gasteiger partial charge in [-0.3, -0.25) is 0 Å². The first-order valence-corrected chi connectivity index (χ1v) is 8.10. The normalized spacial score (nSPS) is 25.5. The molecule has 0 amide bonds. The molecule has 2 rings (SSSR count). The Bertz CT molecular complexity index is 576. The summed E-state index contributed by atoms with van der Waals surface area (Å²) in [5.74, 6) is -0.441. The summed E-state index contributed by atoms with van der Waals surface area (Å²) >= 11 is 6.10. The fourth-order valence-electron chi connectivity index (χ4n) is 2.29. The molecule has 3 nitrogen and oxygen atoms in total. The van der Waals surface area contributed by atoms with Gasteiger partial charge in [-0.2, -0.15) is 4.31 Å². The Morgan fingerprint density at radius 1 is 1.42 bits per heavy atom. The van der Waals surface area contributed by atoms with Crippen LogP contribution in [0.4, 0.5) is 4.39 Å². The van der Waals surface area contributed by atoms with Gasteiger partial charge in [-0.25, -0.2) is 12.8 Å². The molecule has 1 fully saturated rings. The number of benzene rings is 1. The molecule has 2 atom stereocenters. The van der Waals surface area contributed by atoms with E-state index in [1.807, 2.05) is 6.92 Å². The van der Waals surface area contributed by atoms with Crippen LogP contribution in [0.25, 0.3) is 0 Å². The average molecular weight is 306 g/mol. The summed E-state index contributed by atoms with van der Waals surface area (Å²) in [6, 6.07) is 3.84. The second-order valence-corrected chi connectivity index (χ2v) is 7.52. The highest BCUT2D eigenvalue weighted by atomic mass is 35.5. The maximum atomic E-state index is 13.3. The van der Waals surface area contributed by atoms with Crippen LogP contribution in [0.5, 0.6) is 0 Å². The zero-order valence-electron chi connectivity index (χ0n) is 10.9. The average Bonchev–Trinajstić information content (AvgIpc) is 2.35. The summed E-state index contributed by atoms with van der Waals surface area (Å²) in [6.45, 7) is 4.37. The highest BCUT2D eigenvalue weighted by Gasteiger charge is 2.33. The molecule has 0 aromatic heterocycles. The lowest BCUT2D eigenvalue weighted by Gasteiger charge is -2.33. The topological polar surface area (TPSA) is 37.4 Å². The molecule has 0 radical (unpaired) electrons. The van der Waals surface area contributed by atoms with E-state index in [9.17, 15) is 12.8 Å². The van der Waals surface area contributed by atoms with E-state index in [4.69, 9.17) is 11.6 Å². The molecular weight excluding hydrogens is 289 g/mol. The fourth-order valence-corrected chi connectivity index (χ4v) is 4.26. The maximum absolute atomic E-state index is 13.3. The van der Waals surface area contributed by atoms with E-state index in [0.717, 1.165) is 6.07 Å². The number of sulfonamides is 1. The highest BCUT2D eigenvalue weighted by molar-refractivity contribution is 7.89. The Balaban J connectivity index is 2.35. The maximum Gasteiger partial charge on any atom is 0.243 e. The van der Waals surface area contributed by atoms with Crippen molar-refractivity contribution in [3.63, 3.8) is 0 Å². The second kappa shape index (κ2) is 5.38. The highest BCUT2D eigenvalue weighted by Crippen LogP contribution is 2.28. The minimum Gasteiger partial charge on any atom is -0.207 e. The molecule has 6 heteroatoms. The van der Waals surface area contributed by atoms with Crippen molar-refractivity contribution >= 4 is 21.6 Å². The van der Waals surface area contributed by atoms with Gasteiger partial charge in [0.05, 0.1) is 4.90 Å². The molecule has 0 N–H and O–H groups in total. The van der Waals surface area contributed by atoms with Crippen LogP contribution in [-0.4, -0.2) is 31.2 Å². The van der Waals surface area contributed by atoms with Gasteiger partial charge in [0.1, 0.15) is 5.82 Å². The lowest BCUT2D eigenvalue weighted by molar-refractivity contribution is 0.286. The molecule has 1 aromatic rings. The number of aryl methyl sites for hydroxylation is 1. The molecule has 2 unspecified atom stereocenters. The number of alkyl halides is 1.